The van der Waals surface area contributed by atoms with E-state index in [0.717, 1.165) is 48.1 Å². The van der Waals surface area contributed by atoms with E-state index < -0.39 is 0 Å². The first-order valence-electron chi connectivity index (χ1n) is 12.7. The number of piperidine rings is 1. The minimum atomic E-state index is -0.145. The van der Waals surface area contributed by atoms with Crippen LogP contribution < -0.4 is 5.32 Å². The number of nitrogens with one attached hydrogen (secondary N) is 2. The molecule has 1 aromatic heterocycles. The fraction of sp³-hybridized carbons (Fsp3) is 0.429. The van der Waals surface area contributed by atoms with Crippen molar-refractivity contribution in [2.24, 2.45) is 0 Å². The summed E-state index contributed by atoms with van der Waals surface area (Å²) in [5.74, 6) is 1.77. The summed E-state index contributed by atoms with van der Waals surface area (Å²) in [7, 11) is 0. The number of carbonyl (C=O) groups is 1. The van der Waals surface area contributed by atoms with Gasteiger partial charge < -0.3 is 15.0 Å². The van der Waals surface area contributed by atoms with Crippen LogP contribution in [0.5, 0.6) is 0 Å². The first-order chi connectivity index (χ1) is 17.6. The van der Waals surface area contributed by atoms with Crippen molar-refractivity contribution in [1.82, 2.24) is 25.4 Å². The van der Waals surface area contributed by atoms with Gasteiger partial charge in [0.05, 0.1) is 18.2 Å². The second kappa shape index (κ2) is 10.6. The van der Waals surface area contributed by atoms with Gasteiger partial charge in [-0.1, -0.05) is 25.1 Å². The number of nitriles is 1. The number of aryl methyl sites for hydroxylation is 2. The van der Waals surface area contributed by atoms with Gasteiger partial charge in [0.2, 0.25) is 0 Å². The molecule has 1 amide bonds. The summed E-state index contributed by atoms with van der Waals surface area (Å²) in [5.41, 5.74) is 5.62. The lowest BCUT2D eigenvalue weighted by molar-refractivity contribution is 0.0224. The molecule has 0 spiro atoms. The summed E-state index contributed by atoms with van der Waals surface area (Å²) in [6, 6.07) is 14.1. The third-order valence-electron chi connectivity index (χ3n) is 7.33. The van der Waals surface area contributed by atoms with Crippen molar-refractivity contribution in [3.63, 3.8) is 0 Å². The number of benzene rings is 2. The smallest absolute Gasteiger partial charge is 0.254 e. The van der Waals surface area contributed by atoms with Crippen LogP contribution in [0, 0.1) is 18.3 Å². The van der Waals surface area contributed by atoms with Crippen LogP contribution in [0.1, 0.15) is 70.2 Å². The van der Waals surface area contributed by atoms with Crippen LogP contribution in [0.2, 0.25) is 0 Å². The van der Waals surface area contributed by atoms with Crippen LogP contribution in [0.3, 0.4) is 0 Å². The minimum absolute atomic E-state index is 0.0713. The molecule has 0 aliphatic carbocycles. The fourth-order valence-electron chi connectivity index (χ4n) is 5.20. The van der Waals surface area contributed by atoms with Gasteiger partial charge in [-0.05, 0) is 67.0 Å². The van der Waals surface area contributed by atoms with E-state index in [9.17, 15) is 4.79 Å². The first kappa shape index (κ1) is 24.2. The maximum Gasteiger partial charge on any atom is 0.254 e. The van der Waals surface area contributed by atoms with Crippen molar-refractivity contribution in [3.05, 3.63) is 70.0 Å². The lowest BCUT2D eigenvalue weighted by atomic mass is 9.88. The van der Waals surface area contributed by atoms with Crippen molar-refractivity contribution in [3.8, 4) is 17.5 Å². The molecule has 8 heteroatoms. The quantitative estimate of drug-likeness (QED) is 0.569. The average Bonchev–Trinajstić information content (AvgIpc) is 3.43. The highest BCUT2D eigenvalue weighted by Gasteiger charge is 2.27. The van der Waals surface area contributed by atoms with E-state index in [-0.39, 0.29) is 12.0 Å². The number of rotatable bonds is 5. The Morgan fingerprint density at radius 1 is 1.22 bits per heavy atom. The zero-order valence-corrected chi connectivity index (χ0v) is 20.9. The number of aromatic amines is 1. The summed E-state index contributed by atoms with van der Waals surface area (Å²) in [4.78, 5) is 20.4. The van der Waals surface area contributed by atoms with Gasteiger partial charge in [-0.3, -0.25) is 9.89 Å². The third-order valence-corrected chi connectivity index (χ3v) is 7.33. The van der Waals surface area contributed by atoms with Crippen molar-refractivity contribution in [2.75, 3.05) is 32.8 Å². The molecule has 5 rings (SSSR count). The van der Waals surface area contributed by atoms with Gasteiger partial charge in [0, 0.05) is 37.3 Å². The van der Waals surface area contributed by atoms with Crippen molar-refractivity contribution in [1.29, 1.82) is 5.26 Å². The molecule has 0 radical (unpaired) electrons. The molecule has 1 unspecified atom stereocenters. The second-order valence-electron chi connectivity index (χ2n) is 9.59. The number of likely N-dealkylation sites (tertiary alicyclic amines) is 1. The highest BCUT2D eigenvalue weighted by molar-refractivity contribution is 5.97. The number of hydrogen-bond donors (Lipinski definition) is 2. The van der Waals surface area contributed by atoms with Crippen LogP contribution >= 0.6 is 0 Å². The van der Waals surface area contributed by atoms with Gasteiger partial charge >= 0.3 is 0 Å². The number of carbonyl (C=O) groups excluding carboxylic acids is 1. The molecule has 2 aromatic carbocycles. The van der Waals surface area contributed by atoms with E-state index in [1.807, 2.05) is 42.2 Å². The summed E-state index contributed by atoms with van der Waals surface area (Å²) in [5, 5.41) is 19.8. The Morgan fingerprint density at radius 3 is 2.67 bits per heavy atom. The normalized spacial score (nSPS) is 18.7. The zero-order valence-electron chi connectivity index (χ0n) is 20.9. The summed E-state index contributed by atoms with van der Waals surface area (Å²) in [6.45, 7) is 7.74. The number of ether oxygens (including phenoxy) is 1. The SMILES string of the molecule is CCc1cc(C)c(-c2n[nH]c(C3CNCCO3)n2)cc1C(=O)N1CCC(c2ccc(C#N)cc2)CC1. The Bertz CT molecular complexity index is 1260. The van der Waals surface area contributed by atoms with Gasteiger partial charge in [0.15, 0.2) is 11.6 Å². The van der Waals surface area contributed by atoms with E-state index in [1.54, 1.807) is 0 Å². The molecule has 3 aromatic rings. The number of morpholine rings is 1. The van der Waals surface area contributed by atoms with Crippen LogP contribution in [0.25, 0.3) is 11.4 Å². The monoisotopic (exact) mass is 484 g/mol. The van der Waals surface area contributed by atoms with Gasteiger partial charge in [-0.15, -0.1) is 0 Å². The Labute approximate surface area is 211 Å². The molecule has 2 aliphatic rings. The first-order valence-corrected chi connectivity index (χ1v) is 12.7. The van der Waals surface area contributed by atoms with E-state index >= 15 is 0 Å². The number of amides is 1. The summed E-state index contributed by atoms with van der Waals surface area (Å²) < 4.78 is 5.80. The molecule has 0 saturated carbocycles. The number of aromatic nitrogens is 3. The summed E-state index contributed by atoms with van der Waals surface area (Å²) in [6.07, 6.45) is 2.47. The second-order valence-corrected chi connectivity index (χ2v) is 9.59. The minimum Gasteiger partial charge on any atom is -0.368 e. The topological polar surface area (TPSA) is 107 Å². The molecule has 36 heavy (non-hydrogen) atoms. The highest BCUT2D eigenvalue weighted by atomic mass is 16.5. The Hall–Kier alpha value is -3.54. The van der Waals surface area contributed by atoms with Crippen LogP contribution in [-0.2, 0) is 11.2 Å². The maximum atomic E-state index is 13.7. The van der Waals surface area contributed by atoms with E-state index in [0.29, 0.717) is 49.4 Å². The van der Waals surface area contributed by atoms with Gasteiger partial charge in [-0.25, -0.2) is 4.98 Å². The molecule has 186 valence electrons. The lowest BCUT2D eigenvalue weighted by Gasteiger charge is -2.33. The number of nitrogens with zero attached hydrogens (tertiary/aromatic N) is 4. The molecular formula is C28H32N6O2. The van der Waals surface area contributed by atoms with Gasteiger partial charge in [-0.2, -0.15) is 10.4 Å². The molecule has 2 saturated heterocycles. The Kier molecular flexibility index (Phi) is 7.12. The van der Waals surface area contributed by atoms with Crippen LogP contribution in [0.4, 0.5) is 0 Å². The number of hydrogen-bond acceptors (Lipinski definition) is 6. The highest BCUT2D eigenvalue weighted by Crippen LogP contribution is 2.31. The predicted octanol–water partition coefficient (Wildman–Crippen LogP) is 3.89. The predicted molar refractivity (Wildman–Crippen MR) is 137 cm³/mol. The Balaban J connectivity index is 1.34. The van der Waals surface area contributed by atoms with Crippen LogP contribution in [-0.4, -0.2) is 58.8 Å². The van der Waals surface area contributed by atoms with Crippen LogP contribution in [0.15, 0.2) is 36.4 Å². The molecule has 3 heterocycles. The van der Waals surface area contributed by atoms with Crippen molar-refractivity contribution >= 4 is 5.91 Å². The molecule has 8 nitrogen and oxygen atoms in total. The standard InChI is InChI=1S/C28H32N6O2/c1-3-20-14-18(2)23(26-31-27(33-32-26)25-17-30-10-13-36-25)15-24(20)28(35)34-11-8-22(9-12-34)21-6-4-19(16-29)5-7-21/h4-7,14-15,22,25,30H,3,8-13,17H2,1-2H3,(H,31,32,33). The molecular weight excluding hydrogens is 452 g/mol. The maximum absolute atomic E-state index is 13.7. The van der Waals surface area contributed by atoms with Gasteiger partial charge in [0.25, 0.3) is 5.91 Å². The van der Waals surface area contributed by atoms with E-state index in [1.165, 1.54) is 5.56 Å². The van der Waals surface area contributed by atoms with E-state index in [4.69, 9.17) is 15.0 Å². The molecule has 1 atom stereocenters. The molecule has 2 aliphatic heterocycles. The molecule has 0 bridgehead atoms. The third kappa shape index (κ3) is 4.90. The zero-order chi connectivity index (χ0) is 25.1. The largest absolute Gasteiger partial charge is 0.368 e. The van der Waals surface area contributed by atoms with Crippen molar-refractivity contribution in [2.45, 2.75) is 45.1 Å². The van der Waals surface area contributed by atoms with E-state index in [2.05, 4.69) is 34.6 Å². The summed E-state index contributed by atoms with van der Waals surface area (Å²) >= 11 is 0. The molecule has 2 N–H and O–H groups in total. The lowest BCUT2D eigenvalue weighted by Crippen LogP contribution is -2.38. The number of H-pyrrole nitrogens is 1. The Morgan fingerprint density at radius 2 is 2.00 bits per heavy atom. The molecule has 2 fully saturated rings. The average molecular weight is 485 g/mol. The fourth-order valence-corrected chi connectivity index (χ4v) is 5.20. The van der Waals surface area contributed by atoms with Crippen molar-refractivity contribution < 1.29 is 9.53 Å². The van der Waals surface area contributed by atoms with Gasteiger partial charge in [0.1, 0.15) is 6.10 Å².